The summed E-state index contributed by atoms with van der Waals surface area (Å²) in [7, 11) is 0. The molecular weight excluding hydrogens is 162 g/mol. The third-order valence-electron chi connectivity index (χ3n) is 2.78. The highest BCUT2D eigenvalue weighted by Crippen LogP contribution is 2.11. The van der Waals surface area contributed by atoms with Gasteiger partial charge in [-0.3, -0.25) is 0 Å². The lowest BCUT2D eigenvalue weighted by molar-refractivity contribution is 0.588. The highest BCUT2D eigenvalue weighted by molar-refractivity contribution is 5.11. The van der Waals surface area contributed by atoms with Crippen molar-refractivity contribution in [3.8, 4) is 0 Å². The quantitative estimate of drug-likeness (QED) is 0.719. The van der Waals surface area contributed by atoms with Gasteiger partial charge >= 0.3 is 0 Å². The average molecular weight is 179 g/mol. The third kappa shape index (κ3) is 1.91. The van der Waals surface area contributed by atoms with E-state index in [4.69, 9.17) is 0 Å². The molecule has 0 amide bonds. The number of aromatic nitrogens is 2. The van der Waals surface area contributed by atoms with Crippen LogP contribution in [0.3, 0.4) is 0 Å². The van der Waals surface area contributed by atoms with Gasteiger partial charge < -0.3 is 10.3 Å². The fourth-order valence-corrected chi connectivity index (χ4v) is 1.88. The lowest BCUT2D eigenvalue weighted by Gasteiger charge is -2.06. The van der Waals surface area contributed by atoms with Gasteiger partial charge in [-0.15, -0.1) is 0 Å². The minimum absolute atomic E-state index is 0.643. The first-order chi connectivity index (χ1) is 6.25. The van der Waals surface area contributed by atoms with Crippen LogP contribution in [0.5, 0.6) is 0 Å². The molecule has 1 aliphatic rings. The van der Waals surface area contributed by atoms with Crippen molar-refractivity contribution in [1.82, 2.24) is 15.3 Å². The van der Waals surface area contributed by atoms with Crippen LogP contribution in [0.4, 0.5) is 0 Å². The van der Waals surface area contributed by atoms with E-state index in [0.29, 0.717) is 6.04 Å². The van der Waals surface area contributed by atoms with E-state index in [-0.39, 0.29) is 0 Å². The van der Waals surface area contributed by atoms with Crippen molar-refractivity contribution in [2.24, 2.45) is 0 Å². The van der Waals surface area contributed by atoms with E-state index in [1.165, 1.54) is 25.1 Å². The van der Waals surface area contributed by atoms with Gasteiger partial charge in [0, 0.05) is 18.2 Å². The molecule has 2 rings (SSSR count). The lowest BCUT2D eigenvalue weighted by Crippen LogP contribution is -2.24. The monoisotopic (exact) mass is 179 g/mol. The summed E-state index contributed by atoms with van der Waals surface area (Å²) >= 11 is 0. The van der Waals surface area contributed by atoms with Gasteiger partial charge in [-0.1, -0.05) is 0 Å². The highest BCUT2D eigenvalue weighted by Gasteiger charge is 2.16. The molecule has 1 saturated heterocycles. The number of rotatable bonds is 2. The van der Waals surface area contributed by atoms with E-state index < -0.39 is 0 Å². The summed E-state index contributed by atoms with van der Waals surface area (Å²) in [5.74, 6) is 1.13. The van der Waals surface area contributed by atoms with Gasteiger partial charge in [-0.2, -0.15) is 0 Å². The largest absolute Gasteiger partial charge is 0.346 e. The SMILES string of the molecule is Cc1nc(CC2CCCN2)[nH]c1C. The number of hydrogen-bond acceptors (Lipinski definition) is 2. The van der Waals surface area contributed by atoms with Gasteiger partial charge in [0.1, 0.15) is 5.82 Å². The Kier molecular flexibility index (Phi) is 2.36. The van der Waals surface area contributed by atoms with Crippen LogP contribution in [0, 0.1) is 13.8 Å². The lowest BCUT2D eigenvalue weighted by atomic mass is 10.1. The molecule has 72 valence electrons. The Labute approximate surface area is 79.0 Å². The van der Waals surface area contributed by atoms with Gasteiger partial charge in [-0.25, -0.2) is 4.98 Å². The second kappa shape index (κ2) is 3.50. The van der Waals surface area contributed by atoms with E-state index >= 15 is 0 Å². The number of nitrogens with zero attached hydrogens (tertiary/aromatic N) is 1. The van der Waals surface area contributed by atoms with Crippen molar-refractivity contribution in [2.75, 3.05) is 6.54 Å². The summed E-state index contributed by atoms with van der Waals surface area (Å²) < 4.78 is 0. The summed E-state index contributed by atoms with van der Waals surface area (Å²) in [5, 5.41) is 3.47. The Balaban J connectivity index is 2.00. The molecule has 0 spiro atoms. The molecular formula is C10H17N3. The predicted molar refractivity (Wildman–Crippen MR) is 52.8 cm³/mol. The number of hydrogen-bond donors (Lipinski definition) is 2. The fourth-order valence-electron chi connectivity index (χ4n) is 1.88. The Morgan fingerprint density at radius 2 is 2.31 bits per heavy atom. The first-order valence-electron chi connectivity index (χ1n) is 5.01. The molecule has 0 aliphatic carbocycles. The van der Waals surface area contributed by atoms with E-state index in [1.807, 2.05) is 0 Å². The summed E-state index contributed by atoms with van der Waals surface area (Å²) in [6.45, 7) is 5.30. The van der Waals surface area contributed by atoms with Crippen LogP contribution in [0.25, 0.3) is 0 Å². The van der Waals surface area contributed by atoms with Gasteiger partial charge in [0.15, 0.2) is 0 Å². The van der Waals surface area contributed by atoms with Crippen LogP contribution in [-0.4, -0.2) is 22.6 Å². The standard InChI is InChI=1S/C10H17N3/c1-7-8(2)13-10(12-7)6-9-4-3-5-11-9/h9,11H,3-6H2,1-2H3,(H,12,13). The zero-order valence-electron chi connectivity index (χ0n) is 8.35. The molecule has 1 aliphatic heterocycles. The third-order valence-corrected chi connectivity index (χ3v) is 2.78. The number of H-pyrrole nitrogens is 1. The molecule has 1 fully saturated rings. The van der Waals surface area contributed by atoms with Crippen LogP contribution in [0.15, 0.2) is 0 Å². The van der Waals surface area contributed by atoms with Crippen LogP contribution < -0.4 is 5.32 Å². The first-order valence-corrected chi connectivity index (χ1v) is 5.01. The molecule has 3 heteroatoms. The maximum atomic E-state index is 4.48. The maximum Gasteiger partial charge on any atom is 0.108 e. The minimum Gasteiger partial charge on any atom is -0.346 e. The van der Waals surface area contributed by atoms with E-state index in [1.54, 1.807) is 0 Å². The second-order valence-electron chi connectivity index (χ2n) is 3.89. The zero-order valence-corrected chi connectivity index (χ0v) is 8.35. The summed E-state index contributed by atoms with van der Waals surface area (Å²) in [6, 6.07) is 0.643. The number of nitrogens with one attached hydrogen (secondary N) is 2. The molecule has 1 aromatic heterocycles. The molecule has 0 bridgehead atoms. The summed E-state index contributed by atoms with van der Waals surface area (Å²) in [4.78, 5) is 7.80. The molecule has 1 atom stereocenters. The van der Waals surface area contributed by atoms with Crippen molar-refractivity contribution in [1.29, 1.82) is 0 Å². The fraction of sp³-hybridized carbons (Fsp3) is 0.700. The minimum atomic E-state index is 0.643. The van der Waals surface area contributed by atoms with Gasteiger partial charge in [-0.05, 0) is 33.2 Å². The van der Waals surface area contributed by atoms with Crippen LogP contribution in [0.1, 0.15) is 30.1 Å². The van der Waals surface area contributed by atoms with Gasteiger partial charge in [0.2, 0.25) is 0 Å². The molecule has 0 aromatic carbocycles. The zero-order chi connectivity index (χ0) is 9.26. The maximum absolute atomic E-state index is 4.48. The van der Waals surface area contributed by atoms with Crippen LogP contribution in [0.2, 0.25) is 0 Å². The van der Waals surface area contributed by atoms with Gasteiger partial charge in [0.25, 0.3) is 0 Å². The predicted octanol–water partition coefficient (Wildman–Crippen LogP) is 1.32. The first kappa shape index (κ1) is 8.75. The molecule has 2 N–H and O–H groups in total. The van der Waals surface area contributed by atoms with Crippen molar-refractivity contribution >= 4 is 0 Å². The molecule has 0 saturated carbocycles. The van der Waals surface area contributed by atoms with Crippen molar-refractivity contribution in [3.05, 3.63) is 17.2 Å². The van der Waals surface area contributed by atoms with E-state index in [0.717, 1.165) is 17.9 Å². The number of imidazole rings is 1. The smallest absolute Gasteiger partial charge is 0.108 e. The second-order valence-corrected chi connectivity index (χ2v) is 3.89. The molecule has 1 aromatic rings. The van der Waals surface area contributed by atoms with Crippen molar-refractivity contribution < 1.29 is 0 Å². The normalized spacial score (nSPS) is 22.5. The van der Waals surface area contributed by atoms with E-state index in [9.17, 15) is 0 Å². The Hall–Kier alpha value is -0.830. The van der Waals surface area contributed by atoms with E-state index in [2.05, 4.69) is 29.1 Å². The molecule has 0 radical (unpaired) electrons. The van der Waals surface area contributed by atoms with Crippen molar-refractivity contribution in [3.63, 3.8) is 0 Å². The Morgan fingerprint density at radius 1 is 1.46 bits per heavy atom. The molecule has 1 unspecified atom stereocenters. The summed E-state index contributed by atoms with van der Waals surface area (Å²) in [6.07, 6.45) is 3.65. The Bertz CT molecular complexity index is 265. The number of aromatic amines is 1. The molecule has 2 heterocycles. The average Bonchev–Trinajstić information content (AvgIpc) is 2.64. The topological polar surface area (TPSA) is 40.7 Å². The van der Waals surface area contributed by atoms with Gasteiger partial charge in [0.05, 0.1) is 5.69 Å². The van der Waals surface area contributed by atoms with Crippen LogP contribution in [-0.2, 0) is 6.42 Å². The van der Waals surface area contributed by atoms with Crippen molar-refractivity contribution in [2.45, 2.75) is 39.2 Å². The highest BCUT2D eigenvalue weighted by atomic mass is 15.0. The van der Waals surface area contributed by atoms with Crippen LogP contribution >= 0.6 is 0 Å². The Morgan fingerprint density at radius 3 is 2.85 bits per heavy atom. The molecule has 3 nitrogen and oxygen atoms in total. The number of aryl methyl sites for hydroxylation is 2. The molecule has 13 heavy (non-hydrogen) atoms. The summed E-state index contributed by atoms with van der Waals surface area (Å²) in [5.41, 5.74) is 2.33.